The van der Waals surface area contributed by atoms with Crippen LogP contribution in [0.25, 0.3) is 0 Å². The number of nitrogens with zero attached hydrogens (tertiary/aromatic N) is 1. The lowest BCUT2D eigenvalue weighted by Gasteiger charge is -2.28. The van der Waals surface area contributed by atoms with Gasteiger partial charge in [-0.2, -0.15) is 5.26 Å². The molecule has 1 aliphatic rings. The van der Waals surface area contributed by atoms with E-state index in [-0.39, 0.29) is 5.92 Å². The van der Waals surface area contributed by atoms with Crippen LogP contribution in [0.3, 0.4) is 0 Å². The molecule has 18 heavy (non-hydrogen) atoms. The van der Waals surface area contributed by atoms with Gasteiger partial charge in [0.15, 0.2) is 0 Å². The van der Waals surface area contributed by atoms with Crippen molar-refractivity contribution in [2.24, 2.45) is 5.92 Å². The fourth-order valence-corrected chi connectivity index (χ4v) is 2.13. The second-order valence-electron chi connectivity index (χ2n) is 5.07. The Bertz CT molecular complexity index is 529. The highest BCUT2D eigenvalue weighted by molar-refractivity contribution is 5.84. The quantitative estimate of drug-likeness (QED) is 0.853. The summed E-state index contributed by atoms with van der Waals surface area (Å²) in [7, 11) is 0. The summed E-state index contributed by atoms with van der Waals surface area (Å²) < 4.78 is 0. The Morgan fingerprint density at radius 1 is 1.56 bits per heavy atom. The second kappa shape index (κ2) is 4.34. The molecular formula is C14H16N2O2. The van der Waals surface area contributed by atoms with Gasteiger partial charge in [-0.1, -0.05) is 6.07 Å². The molecule has 1 aliphatic carbocycles. The van der Waals surface area contributed by atoms with E-state index in [9.17, 15) is 9.90 Å². The molecular weight excluding hydrogens is 228 g/mol. The maximum atomic E-state index is 11.4. The van der Waals surface area contributed by atoms with Gasteiger partial charge in [0, 0.05) is 0 Å². The molecule has 1 aromatic rings. The zero-order valence-corrected chi connectivity index (χ0v) is 10.5. The van der Waals surface area contributed by atoms with Crippen molar-refractivity contribution >= 4 is 11.7 Å². The number of benzene rings is 1. The maximum absolute atomic E-state index is 11.4. The van der Waals surface area contributed by atoms with Crippen LogP contribution in [-0.4, -0.2) is 16.6 Å². The number of carboxylic acid groups (broad SMARTS) is 1. The molecule has 0 amide bonds. The summed E-state index contributed by atoms with van der Waals surface area (Å²) in [5.41, 5.74) is 1.09. The molecule has 1 aromatic carbocycles. The van der Waals surface area contributed by atoms with Gasteiger partial charge in [0.2, 0.25) is 0 Å². The Kier molecular flexibility index (Phi) is 3.00. The molecule has 1 fully saturated rings. The third kappa shape index (κ3) is 2.17. The van der Waals surface area contributed by atoms with E-state index >= 15 is 0 Å². The van der Waals surface area contributed by atoms with Gasteiger partial charge < -0.3 is 10.4 Å². The predicted octanol–water partition coefficient (Wildman–Crippen LogP) is 2.53. The molecule has 0 bridgehead atoms. The standard InChI is InChI=1S/C14H16N2O2/c1-9-3-6-12(10(7-9)8-15)16-14(2,13(17)18)11-4-5-11/h3,6-7,11,16H,4-5H2,1-2H3,(H,17,18). The van der Waals surface area contributed by atoms with Crippen molar-refractivity contribution in [3.8, 4) is 6.07 Å². The van der Waals surface area contributed by atoms with Gasteiger partial charge in [-0.05, 0) is 50.3 Å². The smallest absolute Gasteiger partial charge is 0.329 e. The van der Waals surface area contributed by atoms with Crippen molar-refractivity contribution in [3.63, 3.8) is 0 Å². The number of aryl methyl sites for hydroxylation is 1. The van der Waals surface area contributed by atoms with Gasteiger partial charge in [0.05, 0.1) is 11.3 Å². The molecule has 0 aliphatic heterocycles. The lowest BCUT2D eigenvalue weighted by Crippen LogP contribution is -2.45. The monoisotopic (exact) mass is 244 g/mol. The van der Waals surface area contributed by atoms with Crippen LogP contribution < -0.4 is 5.32 Å². The van der Waals surface area contributed by atoms with Gasteiger partial charge in [0.25, 0.3) is 0 Å². The summed E-state index contributed by atoms with van der Waals surface area (Å²) in [6, 6.07) is 7.51. The molecule has 0 saturated heterocycles. The number of carbonyl (C=O) groups is 1. The molecule has 0 aromatic heterocycles. The summed E-state index contributed by atoms with van der Waals surface area (Å²) >= 11 is 0. The summed E-state index contributed by atoms with van der Waals surface area (Å²) in [5, 5.41) is 21.5. The Labute approximate surface area is 106 Å². The van der Waals surface area contributed by atoms with E-state index in [1.54, 1.807) is 19.1 Å². The lowest BCUT2D eigenvalue weighted by molar-refractivity contribution is -0.142. The Morgan fingerprint density at radius 2 is 2.22 bits per heavy atom. The van der Waals surface area contributed by atoms with Gasteiger partial charge >= 0.3 is 5.97 Å². The van der Waals surface area contributed by atoms with E-state index in [1.165, 1.54) is 0 Å². The highest BCUT2D eigenvalue weighted by atomic mass is 16.4. The Balaban J connectivity index is 2.33. The third-order valence-electron chi connectivity index (χ3n) is 3.53. The van der Waals surface area contributed by atoms with E-state index in [1.807, 2.05) is 13.0 Å². The van der Waals surface area contributed by atoms with Gasteiger partial charge in [-0.15, -0.1) is 0 Å². The number of carboxylic acids is 1. The van der Waals surface area contributed by atoms with Crippen LogP contribution in [0.15, 0.2) is 18.2 Å². The van der Waals surface area contributed by atoms with Crippen LogP contribution in [0.1, 0.15) is 30.9 Å². The number of aliphatic carboxylic acids is 1. The molecule has 1 saturated carbocycles. The number of nitriles is 1. The van der Waals surface area contributed by atoms with E-state index in [0.29, 0.717) is 11.3 Å². The minimum atomic E-state index is -0.985. The van der Waals surface area contributed by atoms with Crippen molar-refractivity contribution in [2.75, 3.05) is 5.32 Å². The fraction of sp³-hybridized carbons (Fsp3) is 0.429. The van der Waals surface area contributed by atoms with E-state index in [2.05, 4.69) is 11.4 Å². The highest BCUT2D eigenvalue weighted by Crippen LogP contribution is 2.42. The van der Waals surface area contributed by atoms with Crippen LogP contribution >= 0.6 is 0 Å². The van der Waals surface area contributed by atoms with E-state index in [0.717, 1.165) is 18.4 Å². The van der Waals surface area contributed by atoms with Gasteiger partial charge in [-0.3, -0.25) is 0 Å². The van der Waals surface area contributed by atoms with E-state index in [4.69, 9.17) is 5.26 Å². The van der Waals surface area contributed by atoms with Crippen molar-refractivity contribution in [2.45, 2.75) is 32.2 Å². The molecule has 1 atom stereocenters. The summed E-state index contributed by atoms with van der Waals surface area (Å²) in [5.74, 6) is -0.725. The van der Waals surface area contributed by atoms with Crippen LogP contribution in [-0.2, 0) is 4.79 Å². The predicted molar refractivity (Wildman–Crippen MR) is 68.3 cm³/mol. The minimum absolute atomic E-state index is 0.142. The van der Waals surface area contributed by atoms with Gasteiger partial charge in [0.1, 0.15) is 11.6 Å². The van der Waals surface area contributed by atoms with Crippen LogP contribution in [0.2, 0.25) is 0 Å². The number of hydrogen-bond acceptors (Lipinski definition) is 3. The van der Waals surface area contributed by atoms with Crippen molar-refractivity contribution in [3.05, 3.63) is 29.3 Å². The summed E-state index contributed by atoms with van der Waals surface area (Å²) in [4.78, 5) is 11.4. The maximum Gasteiger partial charge on any atom is 0.329 e. The molecule has 1 unspecified atom stereocenters. The molecule has 2 N–H and O–H groups in total. The number of anilines is 1. The van der Waals surface area contributed by atoms with Crippen molar-refractivity contribution in [1.82, 2.24) is 0 Å². The molecule has 0 spiro atoms. The number of nitrogens with one attached hydrogen (secondary N) is 1. The molecule has 0 radical (unpaired) electrons. The number of rotatable bonds is 4. The van der Waals surface area contributed by atoms with Crippen molar-refractivity contribution in [1.29, 1.82) is 5.26 Å². The SMILES string of the molecule is Cc1ccc(NC(C)(C(=O)O)C2CC2)c(C#N)c1. The molecule has 94 valence electrons. The topological polar surface area (TPSA) is 73.1 Å². The average Bonchev–Trinajstić information content (AvgIpc) is 3.15. The normalized spacial score (nSPS) is 17.6. The van der Waals surface area contributed by atoms with Crippen LogP contribution in [0.5, 0.6) is 0 Å². The molecule has 4 heteroatoms. The Morgan fingerprint density at radius 3 is 2.72 bits per heavy atom. The van der Waals surface area contributed by atoms with E-state index < -0.39 is 11.5 Å². The first-order chi connectivity index (χ1) is 8.47. The second-order valence-corrected chi connectivity index (χ2v) is 5.07. The minimum Gasteiger partial charge on any atom is -0.480 e. The van der Waals surface area contributed by atoms with Crippen molar-refractivity contribution < 1.29 is 9.90 Å². The zero-order valence-electron chi connectivity index (χ0n) is 10.5. The summed E-state index contributed by atoms with van der Waals surface area (Å²) in [6.45, 7) is 3.59. The lowest BCUT2D eigenvalue weighted by atomic mass is 9.94. The zero-order chi connectivity index (χ0) is 13.3. The summed E-state index contributed by atoms with van der Waals surface area (Å²) in [6.07, 6.45) is 1.84. The third-order valence-corrected chi connectivity index (χ3v) is 3.53. The average molecular weight is 244 g/mol. The van der Waals surface area contributed by atoms with Gasteiger partial charge in [-0.25, -0.2) is 4.79 Å². The Hall–Kier alpha value is -2.02. The first kappa shape index (κ1) is 12.4. The number of hydrogen-bond donors (Lipinski definition) is 2. The molecule has 4 nitrogen and oxygen atoms in total. The van der Waals surface area contributed by atoms with Crippen LogP contribution in [0, 0.1) is 24.2 Å². The molecule has 2 rings (SSSR count). The highest BCUT2D eigenvalue weighted by Gasteiger charge is 2.47. The first-order valence-electron chi connectivity index (χ1n) is 5.99. The first-order valence-corrected chi connectivity index (χ1v) is 5.99. The molecule has 0 heterocycles. The largest absolute Gasteiger partial charge is 0.480 e. The van der Waals surface area contributed by atoms with Crippen LogP contribution in [0.4, 0.5) is 5.69 Å². The fourth-order valence-electron chi connectivity index (χ4n) is 2.13.